The van der Waals surface area contributed by atoms with E-state index in [9.17, 15) is 22.8 Å². The zero-order valence-electron chi connectivity index (χ0n) is 13.9. The molecule has 0 saturated carbocycles. The number of alkyl halides is 3. The zero-order chi connectivity index (χ0) is 18.2. The average molecular weight is 344 g/mol. The van der Waals surface area contributed by atoms with Gasteiger partial charge in [-0.15, -0.1) is 0 Å². The summed E-state index contributed by atoms with van der Waals surface area (Å²) in [6, 6.07) is 4.83. The van der Waals surface area contributed by atoms with Crippen LogP contribution in [0.1, 0.15) is 45.1 Å². The number of hydrogen-bond acceptors (Lipinski definition) is 2. The molecule has 24 heavy (non-hydrogen) atoms. The van der Waals surface area contributed by atoms with Crippen molar-refractivity contribution in [2.45, 2.75) is 45.7 Å². The molecule has 7 heteroatoms. The SMILES string of the molecule is CCCCCN(CCC(=O)Nc1ccccc1C(F)(F)F)C(C)=O. The van der Waals surface area contributed by atoms with E-state index in [1.165, 1.54) is 25.1 Å². The van der Waals surface area contributed by atoms with Gasteiger partial charge in [0.2, 0.25) is 11.8 Å². The van der Waals surface area contributed by atoms with Crippen LogP contribution >= 0.6 is 0 Å². The number of nitrogens with one attached hydrogen (secondary N) is 1. The van der Waals surface area contributed by atoms with Gasteiger partial charge in [0.1, 0.15) is 0 Å². The lowest BCUT2D eigenvalue weighted by Crippen LogP contribution is -2.33. The summed E-state index contributed by atoms with van der Waals surface area (Å²) in [5.74, 6) is -0.692. The molecule has 134 valence electrons. The molecule has 0 aliphatic heterocycles. The van der Waals surface area contributed by atoms with Gasteiger partial charge in [0.25, 0.3) is 0 Å². The van der Waals surface area contributed by atoms with E-state index in [2.05, 4.69) is 5.32 Å². The standard InChI is InChI=1S/C17H23F3N2O2/c1-3-4-7-11-22(13(2)23)12-10-16(24)21-15-9-6-5-8-14(15)17(18,19)20/h5-6,8-9H,3-4,7,10-12H2,1-2H3,(H,21,24). The van der Waals surface area contributed by atoms with Crippen LogP contribution in [-0.4, -0.2) is 29.8 Å². The number of rotatable bonds is 8. The van der Waals surface area contributed by atoms with E-state index in [1.54, 1.807) is 4.90 Å². The molecule has 0 aliphatic carbocycles. The maximum atomic E-state index is 12.9. The summed E-state index contributed by atoms with van der Waals surface area (Å²) in [4.78, 5) is 25.0. The molecular formula is C17H23F3N2O2. The summed E-state index contributed by atoms with van der Waals surface area (Å²) in [6.45, 7) is 4.21. The Balaban J connectivity index is 2.61. The molecule has 1 aromatic carbocycles. The number of halogens is 3. The fraction of sp³-hybridized carbons (Fsp3) is 0.529. The third kappa shape index (κ3) is 6.60. The number of anilines is 1. The summed E-state index contributed by atoms with van der Waals surface area (Å²) < 4.78 is 38.7. The highest BCUT2D eigenvalue weighted by Crippen LogP contribution is 2.34. The number of amides is 2. The number of unbranched alkanes of at least 4 members (excludes halogenated alkanes) is 2. The Kier molecular flexibility index (Phi) is 7.74. The van der Waals surface area contributed by atoms with Crippen LogP contribution in [-0.2, 0) is 15.8 Å². The van der Waals surface area contributed by atoms with Crippen molar-refractivity contribution < 1.29 is 22.8 Å². The molecule has 0 spiro atoms. The largest absolute Gasteiger partial charge is 0.418 e. The molecule has 1 rings (SSSR count). The summed E-state index contributed by atoms with van der Waals surface area (Å²) in [5, 5.41) is 2.28. The zero-order valence-corrected chi connectivity index (χ0v) is 13.9. The van der Waals surface area contributed by atoms with Crippen LogP contribution in [0.5, 0.6) is 0 Å². The first-order chi connectivity index (χ1) is 11.3. The fourth-order valence-corrected chi connectivity index (χ4v) is 2.27. The van der Waals surface area contributed by atoms with Crippen LogP contribution in [0.4, 0.5) is 18.9 Å². The van der Waals surface area contributed by atoms with Crippen LogP contribution < -0.4 is 5.32 Å². The van der Waals surface area contributed by atoms with Gasteiger partial charge in [-0.25, -0.2) is 0 Å². The van der Waals surface area contributed by atoms with Crippen molar-refractivity contribution in [3.05, 3.63) is 29.8 Å². The van der Waals surface area contributed by atoms with Crippen molar-refractivity contribution in [2.75, 3.05) is 18.4 Å². The first-order valence-electron chi connectivity index (χ1n) is 7.97. The van der Waals surface area contributed by atoms with Crippen molar-refractivity contribution in [2.24, 2.45) is 0 Å². The Hall–Kier alpha value is -2.05. The van der Waals surface area contributed by atoms with Gasteiger partial charge in [0, 0.05) is 26.4 Å². The molecule has 2 amide bonds. The number of para-hydroxylation sites is 1. The van der Waals surface area contributed by atoms with Crippen molar-refractivity contribution in [3.63, 3.8) is 0 Å². The van der Waals surface area contributed by atoms with Gasteiger partial charge in [-0.2, -0.15) is 13.2 Å². The van der Waals surface area contributed by atoms with Gasteiger partial charge in [-0.05, 0) is 18.6 Å². The molecule has 0 atom stereocenters. The Morgan fingerprint density at radius 3 is 2.38 bits per heavy atom. The second-order valence-corrected chi connectivity index (χ2v) is 5.55. The summed E-state index contributed by atoms with van der Waals surface area (Å²) in [5.41, 5.74) is -1.15. The average Bonchev–Trinajstić information content (AvgIpc) is 2.49. The number of carbonyl (C=O) groups is 2. The molecule has 0 heterocycles. The second-order valence-electron chi connectivity index (χ2n) is 5.55. The minimum absolute atomic E-state index is 0.0438. The Morgan fingerprint density at radius 1 is 1.12 bits per heavy atom. The van der Waals surface area contributed by atoms with E-state index in [0.717, 1.165) is 25.3 Å². The highest BCUT2D eigenvalue weighted by atomic mass is 19.4. The van der Waals surface area contributed by atoms with Crippen molar-refractivity contribution in [1.29, 1.82) is 0 Å². The molecule has 0 bridgehead atoms. The number of hydrogen-bond donors (Lipinski definition) is 1. The van der Waals surface area contributed by atoms with Crippen LogP contribution in [0, 0.1) is 0 Å². The van der Waals surface area contributed by atoms with Gasteiger partial charge in [0.05, 0.1) is 11.3 Å². The summed E-state index contributed by atoms with van der Waals surface area (Å²) in [6.07, 6.45) is -1.74. The van der Waals surface area contributed by atoms with Crippen molar-refractivity contribution in [1.82, 2.24) is 4.90 Å². The lowest BCUT2D eigenvalue weighted by molar-refractivity contribution is -0.137. The third-order valence-corrected chi connectivity index (χ3v) is 3.59. The molecular weight excluding hydrogens is 321 g/mol. The first-order valence-corrected chi connectivity index (χ1v) is 7.97. The maximum Gasteiger partial charge on any atom is 0.418 e. The molecule has 0 aliphatic rings. The highest BCUT2D eigenvalue weighted by Gasteiger charge is 2.33. The molecule has 0 unspecified atom stereocenters. The smallest absolute Gasteiger partial charge is 0.342 e. The maximum absolute atomic E-state index is 12.9. The molecule has 0 saturated heterocycles. The molecule has 1 N–H and O–H groups in total. The topological polar surface area (TPSA) is 49.4 Å². The number of nitrogens with zero attached hydrogens (tertiary/aromatic N) is 1. The van der Waals surface area contributed by atoms with Crippen LogP contribution in [0.3, 0.4) is 0 Å². The number of benzene rings is 1. The Morgan fingerprint density at radius 2 is 1.79 bits per heavy atom. The molecule has 0 fully saturated rings. The minimum Gasteiger partial charge on any atom is -0.342 e. The Labute approximate surface area is 140 Å². The van der Waals surface area contributed by atoms with Crippen LogP contribution in [0.2, 0.25) is 0 Å². The third-order valence-electron chi connectivity index (χ3n) is 3.59. The summed E-state index contributed by atoms with van der Waals surface area (Å²) >= 11 is 0. The quantitative estimate of drug-likeness (QED) is 0.723. The molecule has 4 nitrogen and oxygen atoms in total. The minimum atomic E-state index is -4.53. The first kappa shape index (κ1) is 20.0. The molecule has 0 radical (unpaired) electrons. The fourth-order valence-electron chi connectivity index (χ4n) is 2.27. The molecule has 0 aromatic heterocycles. The second kappa shape index (κ2) is 9.30. The highest BCUT2D eigenvalue weighted by molar-refractivity contribution is 5.92. The summed E-state index contributed by atoms with van der Waals surface area (Å²) in [7, 11) is 0. The van der Waals surface area contributed by atoms with E-state index in [1.807, 2.05) is 6.92 Å². The van der Waals surface area contributed by atoms with Gasteiger partial charge < -0.3 is 10.2 Å². The van der Waals surface area contributed by atoms with Crippen LogP contribution in [0.15, 0.2) is 24.3 Å². The van der Waals surface area contributed by atoms with Crippen molar-refractivity contribution >= 4 is 17.5 Å². The van der Waals surface area contributed by atoms with Crippen LogP contribution in [0.25, 0.3) is 0 Å². The Bertz CT molecular complexity index is 559. The molecule has 1 aromatic rings. The predicted molar refractivity (Wildman–Crippen MR) is 86.5 cm³/mol. The lowest BCUT2D eigenvalue weighted by Gasteiger charge is -2.21. The van der Waals surface area contributed by atoms with Gasteiger partial charge in [-0.1, -0.05) is 31.9 Å². The van der Waals surface area contributed by atoms with E-state index in [-0.39, 0.29) is 24.6 Å². The normalized spacial score (nSPS) is 11.2. The monoisotopic (exact) mass is 344 g/mol. The van der Waals surface area contributed by atoms with E-state index in [4.69, 9.17) is 0 Å². The lowest BCUT2D eigenvalue weighted by atomic mass is 10.1. The van der Waals surface area contributed by atoms with E-state index >= 15 is 0 Å². The van der Waals surface area contributed by atoms with Gasteiger partial charge >= 0.3 is 6.18 Å². The van der Waals surface area contributed by atoms with E-state index in [0.29, 0.717) is 6.54 Å². The van der Waals surface area contributed by atoms with E-state index < -0.39 is 17.6 Å². The van der Waals surface area contributed by atoms with Gasteiger partial charge in [0.15, 0.2) is 0 Å². The number of carbonyl (C=O) groups excluding carboxylic acids is 2. The van der Waals surface area contributed by atoms with Gasteiger partial charge in [-0.3, -0.25) is 9.59 Å². The van der Waals surface area contributed by atoms with Crippen molar-refractivity contribution in [3.8, 4) is 0 Å². The predicted octanol–water partition coefficient (Wildman–Crippen LogP) is 4.07.